The van der Waals surface area contributed by atoms with Crippen molar-refractivity contribution in [2.24, 2.45) is 0 Å². The lowest BCUT2D eigenvalue weighted by molar-refractivity contribution is 0.295. The van der Waals surface area contributed by atoms with Crippen LogP contribution in [0.4, 0.5) is 0 Å². The number of aryl methyl sites for hydroxylation is 1. The van der Waals surface area contributed by atoms with Gasteiger partial charge >= 0.3 is 0 Å². The number of nitrogens with zero attached hydrogens (tertiary/aromatic N) is 1. The molecule has 4 nitrogen and oxygen atoms in total. The summed E-state index contributed by atoms with van der Waals surface area (Å²) in [5.74, 6) is 1.10. The number of hydrogen-bond acceptors (Lipinski definition) is 3. The molecular weight excluding hydrogens is 180 g/mol. The van der Waals surface area contributed by atoms with Crippen molar-refractivity contribution in [2.45, 2.75) is 33.1 Å². The molecular formula is C10H16N2O2. The van der Waals surface area contributed by atoms with Crippen molar-refractivity contribution in [1.82, 2.24) is 9.97 Å². The topological polar surface area (TPSA) is 55.0 Å². The SMILES string of the molecule is CCCCOc1cc(=O)[nH]c(CC)n1. The number of H-pyrrole nitrogens is 1. The maximum absolute atomic E-state index is 11.1. The number of hydrogen-bond donors (Lipinski definition) is 1. The van der Waals surface area contributed by atoms with Crippen LogP contribution in [0.1, 0.15) is 32.5 Å². The largest absolute Gasteiger partial charge is 0.477 e. The first-order valence-corrected chi connectivity index (χ1v) is 4.99. The molecule has 0 aromatic carbocycles. The zero-order chi connectivity index (χ0) is 10.4. The molecule has 0 radical (unpaired) electrons. The van der Waals surface area contributed by atoms with Crippen LogP contribution < -0.4 is 10.3 Å². The van der Waals surface area contributed by atoms with Crippen molar-refractivity contribution >= 4 is 0 Å². The van der Waals surface area contributed by atoms with Crippen molar-refractivity contribution in [3.8, 4) is 5.88 Å². The summed E-state index contributed by atoms with van der Waals surface area (Å²) in [5.41, 5.74) is -0.150. The predicted octanol–water partition coefficient (Wildman–Crippen LogP) is 1.51. The third-order valence-corrected chi connectivity index (χ3v) is 1.85. The molecule has 0 unspecified atom stereocenters. The number of ether oxygens (including phenoxy) is 1. The first kappa shape index (κ1) is 10.8. The molecule has 0 fully saturated rings. The van der Waals surface area contributed by atoms with Crippen molar-refractivity contribution in [2.75, 3.05) is 6.61 Å². The summed E-state index contributed by atoms with van der Waals surface area (Å²) in [6.07, 6.45) is 2.76. The minimum Gasteiger partial charge on any atom is -0.477 e. The lowest BCUT2D eigenvalue weighted by Crippen LogP contribution is -2.11. The Hall–Kier alpha value is -1.32. The maximum atomic E-state index is 11.1. The predicted molar refractivity (Wildman–Crippen MR) is 54.6 cm³/mol. The first-order valence-electron chi connectivity index (χ1n) is 4.99. The highest BCUT2D eigenvalue weighted by Gasteiger charge is 1.99. The van der Waals surface area contributed by atoms with Gasteiger partial charge in [-0.2, -0.15) is 0 Å². The van der Waals surface area contributed by atoms with Gasteiger partial charge in [0, 0.05) is 6.42 Å². The maximum Gasteiger partial charge on any atom is 0.254 e. The Labute approximate surface area is 83.3 Å². The fraction of sp³-hybridized carbons (Fsp3) is 0.600. The summed E-state index contributed by atoms with van der Waals surface area (Å²) in [6.45, 7) is 4.65. The lowest BCUT2D eigenvalue weighted by Gasteiger charge is -2.04. The lowest BCUT2D eigenvalue weighted by atomic mass is 10.4. The molecule has 1 heterocycles. The summed E-state index contributed by atoms with van der Waals surface area (Å²) in [5, 5.41) is 0. The van der Waals surface area contributed by atoms with Crippen molar-refractivity contribution in [1.29, 1.82) is 0 Å². The normalized spacial score (nSPS) is 10.1. The van der Waals surface area contributed by atoms with Crippen LogP contribution in [0, 0.1) is 0 Å². The van der Waals surface area contributed by atoms with E-state index in [1.165, 1.54) is 6.07 Å². The Morgan fingerprint density at radius 1 is 1.50 bits per heavy atom. The molecule has 1 aromatic rings. The van der Waals surface area contributed by atoms with E-state index in [1.54, 1.807) is 0 Å². The van der Waals surface area contributed by atoms with Crippen molar-refractivity contribution in [3.63, 3.8) is 0 Å². The van der Waals surface area contributed by atoms with E-state index < -0.39 is 0 Å². The molecule has 0 aliphatic carbocycles. The van der Waals surface area contributed by atoms with E-state index in [9.17, 15) is 4.79 Å². The summed E-state index contributed by atoms with van der Waals surface area (Å²) in [7, 11) is 0. The van der Waals surface area contributed by atoms with Crippen LogP contribution in [-0.2, 0) is 6.42 Å². The average Bonchev–Trinajstić information content (AvgIpc) is 2.17. The molecule has 0 aliphatic rings. The second-order valence-corrected chi connectivity index (χ2v) is 3.09. The van der Waals surface area contributed by atoms with E-state index in [1.807, 2.05) is 6.92 Å². The standard InChI is InChI=1S/C10H16N2O2/c1-3-5-6-14-10-7-9(13)11-8(4-2)12-10/h7H,3-6H2,1-2H3,(H,11,12,13). The molecule has 1 aromatic heterocycles. The van der Waals surface area contributed by atoms with Crippen LogP contribution in [0.5, 0.6) is 5.88 Å². The molecule has 4 heteroatoms. The third-order valence-electron chi connectivity index (χ3n) is 1.85. The van der Waals surface area contributed by atoms with Crippen LogP contribution in [0.25, 0.3) is 0 Å². The minimum absolute atomic E-state index is 0.150. The van der Waals surface area contributed by atoms with Gasteiger partial charge in [0.05, 0.1) is 12.7 Å². The van der Waals surface area contributed by atoms with Gasteiger partial charge in [-0.3, -0.25) is 4.79 Å². The van der Waals surface area contributed by atoms with Gasteiger partial charge in [-0.05, 0) is 6.42 Å². The summed E-state index contributed by atoms with van der Waals surface area (Å²) in [6, 6.07) is 1.38. The van der Waals surface area contributed by atoms with Gasteiger partial charge in [0.2, 0.25) is 5.88 Å². The fourth-order valence-corrected chi connectivity index (χ4v) is 1.05. The van der Waals surface area contributed by atoms with E-state index >= 15 is 0 Å². The minimum atomic E-state index is -0.150. The van der Waals surface area contributed by atoms with E-state index in [0.29, 0.717) is 24.7 Å². The molecule has 0 atom stereocenters. The van der Waals surface area contributed by atoms with Gasteiger partial charge in [-0.25, -0.2) is 4.98 Å². The van der Waals surface area contributed by atoms with Gasteiger partial charge < -0.3 is 9.72 Å². The Morgan fingerprint density at radius 2 is 2.29 bits per heavy atom. The van der Waals surface area contributed by atoms with Gasteiger partial charge in [0.25, 0.3) is 5.56 Å². The Bertz CT molecular complexity index is 333. The molecule has 14 heavy (non-hydrogen) atoms. The molecule has 1 rings (SSSR count). The van der Waals surface area contributed by atoms with E-state index in [0.717, 1.165) is 12.8 Å². The van der Waals surface area contributed by atoms with Crippen molar-refractivity contribution in [3.05, 3.63) is 22.2 Å². The molecule has 0 amide bonds. The van der Waals surface area contributed by atoms with Crippen LogP contribution >= 0.6 is 0 Å². The molecule has 0 aliphatic heterocycles. The van der Waals surface area contributed by atoms with E-state index in [-0.39, 0.29) is 5.56 Å². The molecule has 0 saturated carbocycles. The second kappa shape index (κ2) is 5.42. The second-order valence-electron chi connectivity index (χ2n) is 3.09. The molecule has 1 N–H and O–H groups in total. The number of nitrogens with one attached hydrogen (secondary N) is 1. The van der Waals surface area contributed by atoms with Crippen LogP contribution in [0.3, 0.4) is 0 Å². The smallest absolute Gasteiger partial charge is 0.254 e. The molecule has 0 saturated heterocycles. The number of rotatable bonds is 5. The van der Waals surface area contributed by atoms with Gasteiger partial charge in [-0.15, -0.1) is 0 Å². The van der Waals surface area contributed by atoms with Crippen LogP contribution in [0.15, 0.2) is 10.9 Å². The average molecular weight is 196 g/mol. The summed E-state index contributed by atoms with van der Waals surface area (Å²) >= 11 is 0. The zero-order valence-electron chi connectivity index (χ0n) is 8.67. The van der Waals surface area contributed by atoms with Gasteiger partial charge in [0.15, 0.2) is 0 Å². The zero-order valence-corrected chi connectivity index (χ0v) is 8.67. The monoisotopic (exact) mass is 196 g/mol. The number of unbranched alkanes of at least 4 members (excludes halogenated alkanes) is 1. The van der Waals surface area contributed by atoms with E-state index in [2.05, 4.69) is 16.9 Å². The van der Waals surface area contributed by atoms with Gasteiger partial charge in [0.1, 0.15) is 5.82 Å². The quantitative estimate of drug-likeness (QED) is 0.726. The Morgan fingerprint density at radius 3 is 2.93 bits per heavy atom. The van der Waals surface area contributed by atoms with Crippen LogP contribution in [0.2, 0.25) is 0 Å². The third kappa shape index (κ3) is 3.20. The van der Waals surface area contributed by atoms with Gasteiger partial charge in [-0.1, -0.05) is 20.3 Å². The Kier molecular flexibility index (Phi) is 4.16. The fourth-order valence-electron chi connectivity index (χ4n) is 1.05. The van der Waals surface area contributed by atoms with E-state index in [4.69, 9.17) is 4.74 Å². The van der Waals surface area contributed by atoms with Crippen molar-refractivity contribution < 1.29 is 4.74 Å². The highest BCUT2D eigenvalue weighted by atomic mass is 16.5. The van der Waals surface area contributed by atoms with Crippen LogP contribution in [-0.4, -0.2) is 16.6 Å². The highest BCUT2D eigenvalue weighted by Crippen LogP contribution is 2.03. The summed E-state index contributed by atoms with van der Waals surface area (Å²) < 4.78 is 5.34. The first-order chi connectivity index (χ1) is 6.76. The number of aromatic amines is 1. The Balaban J connectivity index is 2.67. The molecule has 78 valence electrons. The highest BCUT2D eigenvalue weighted by molar-refractivity contribution is 5.08. The summed E-state index contributed by atoms with van der Waals surface area (Å²) in [4.78, 5) is 17.9. The number of aromatic nitrogens is 2. The molecule has 0 spiro atoms. The molecule has 0 bridgehead atoms.